The molecule has 2 saturated carbocycles. The molecule has 36 heavy (non-hydrogen) atoms. The zero-order chi connectivity index (χ0) is 25.1. The molecule has 1 spiro atoms. The number of aliphatic hydroxyl groups is 1. The minimum atomic E-state index is -4.46. The number of fused-ring (bicyclic) bond motifs is 1. The maximum Gasteiger partial charge on any atom is 0.416 e. The summed E-state index contributed by atoms with van der Waals surface area (Å²) in [5.74, 6) is -0.181. The van der Waals surface area contributed by atoms with Crippen molar-refractivity contribution in [1.82, 2.24) is 4.98 Å². The quantitative estimate of drug-likeness (QED) is 0.363. The number of aromatic nitrogens is 1. The first kappa shape index (κ1) is 23.9. The van der Waals surface area contributed by atoms with E-state index in [0.717, 1.165) is 84.5 Å². The number of aliphatic hydroxyl groups excluding tert-OH is 1. The zero-order valence-corrected chi connectivity index (χ0v) is 20.7. The predicted molar refractivity (Wildman–Crippen MR) is 133 cm³/mol. The van der Waals surface area contributed by atoms with E-state index in [2.05, 4.69) is 0 Å². The van der Waals surface area contributed by atoms with Gasteiger partial charge in [0.2, 0.25) is 0 Å². The van der Waals surface area contributed by atoms with Crippen molar-refractivity contribution in [2.24, 2.45) is 5.41 Å². The van der Waals surface area contributed by atoms with Crippen molar-refractivity contribution in [3.63, 3.8) is 0 Å². The largest absolute Gasteiger partial charge is 0.416 e. The highest BCUT2D eigenvalue weighted by Crippen LogP contribution is 2.56. The molecule has 188 valence electrons. The van der Waals surface area contributed by atoms with Crippen LogP contribution in [0.2, 0.25) is 0 Å². The normalized spacial score (nSPS) is 21.4. The zero-order valence-electron chi connectivity index (χ0n) is 19.9. The summed E-state index contributed by atoms with van der Waals surface area (Å²) in [7, 11) is 0. The Morgan fingerprint density at radius 2 is 1.78 bits per heavy atom. The Kier molecular flexibility index (Phi) is 5.84. The molecule has 0 saturated heterocycles. The van der Waals surface area contributed by atoms with Crippen LogP contribution < -0.4 is 0 Å². The van der Waals surface area contributed by atoms with Crippen LogP contribution >= 0.6 is 11.3 Å². The summed E-state index contributed by atoms with van der Waals surface area (Å²) in [6, 6.07) is 8.35. The van der Waals surface area contributed by atoms with Crippen molar-refractivity contribution in [3.05, 3.63) is 75.4 Å². The highest BCUT2D eigenvalue weighted by Gasteiger charge is 2.46. The molecule has 1 unspecified atom stereocenters. The second-order valence-electron chi connectivity index (χ2n) is 10.7. The van der Waals surface area contributed by atoms with E-state index in [-0.39, 0.29) is 22.7 Å². The van der Waals surface area contributed by atoms with E-state index in [1.165, 1.54) is 29.9 Å². The lowest BCUT2D eigenvalue weighted by Crippen LogP contribution is -2.38. The van der Waals surface area contributed by atoms with E-state index in [0.29, 0.717) is 12.0 Å². The fraction of sp³-hybridized carbons (Fsp3) is 0.448. The van der Waals surface area contributed by atoms with Crippen LogP contribution in [0.25, 0.3) is 10.4 Å². The van der Waals surface area contributed by atoms with Gasteiger partial charge < -0.3 is 5.11 Å². The molecule has 3 nitrogen and oxygen atoms in total. The summed E-state index contributed by atoms with van der Waals surface area (Å²) in [6.07, 6.45) is 3.66. The molecule has 6 rings (SSSR count). The fourth-order valence-electron chi connectivity index (χ4n) is 6.52. The highest BCUT2D eigenvalue weighted by molar-refractivity contribution is 7.13. The average molecular weight is 512 g/mol. The number of alkyl halides is 3. The maximum atomic E-state index is 14.1. The molecule has 0 bridgehead atoms. The lowest BCUT2D eigenvalue weighted by Gasteiger charge is -2.47. The maximum absolute atomic E-state index is 14.1. The van der Waals surface area contributed by atoms with Gasteiger partial charge in [0.15, 0.2) is 5.78 Å². The third kappa shape index (κ3) is 4.01. The minimum Gasteiger partial charge on any atom is -0.388 e. The standard InChI is InChI=1S/C29H28F3NO2S/c30-29(31,32)19-10-8-18(9-11-19)27(35)25-24(22-7-3-14-36-22)23-20(33-26(25)17-5-1-2-6-17)15-28(12-4-13-28)16-21(23)34/h3,7-11,14,17,21,34H,1-2,4-6,12-13,15-16H2. The summed E-state index contributed by atoms with van der Waals surface area (Å²) in [4.78, 5) is 20.1. The van der Waals surface area contributed by atoms with Gasteiger partial charge in [-0.3, -0.25) is 9.78 Å². The molecule has 3 aliphatic carbocycles. The second-order valence-corrected chi connectivity index (χ2v) is 11.7. The number of carbonyl (C=O) groups excluding carboxylic acids is 1. The number of benzene rings is 1. The Labute approximate surface area is 212 Å². The molecule has 1 N–H and O–H groups in total. The number of hydrogen-bond donors (Lipinski definition) is 1. The molecule has 3 aliphatic rings. The van der Waals surface area contributed by atoms with E-state index < -0.39 is 17.8 Å². The molecule has 2 aromatic heterocycles. The number of hydrogen-bond acceptors (Lipinski definition) is 4. The molecule has 0 amide bonds. The highest BCUT2D eigenvalue weighted by atomic mass is 32.1. The Balaban J connectivity index is 1.56. The van der Waals surface area contributed by atoms with Gasteiger partial charge in [-0.25, -0.2) is 0 Å². The van der Waals surface area contributed by atoms with Gasteiger partial charge in [0.25, 0.3) is 0 Å². The molecular weight excluding hydrogens is 483 g/mol. The van der Waals surface area contributed by atoms with E-state index in [1.807, 2.05) is 17.5 Å². The van der Waals surface area contributed by atoms with Gasteiger partial charge in [0.1, 0.15) is 0 Å². The van der Waals surface area contributed by atoms with E-state index >= 15 is 0 Å². The smallest absolute Gasteiger partial charge is 0.388 e. The van der Waals surface area contributed by atoms with Gasteiger partial charge >= 0.3 is 6.18 Å². The van der Waals surface area contributed by atoms with Crippen LogP contribution in [0.4, 0.5) is 13.2 Å². The Bertz CT molecular complexity index is 1290. The van der Waals surface area contributed by atoms with Crippen LogP contribution in [-0.4, -0.2) is 15.9 Å². The average Bonchev–Trinajstić information content (AvgIpc) is 3.55. The monoisotopic (exact) mass is 511 g/mol. The van der Waals surface area contributed by atoms with Gasteiger partial charge in [-0.2, -0.15) is 13.2 Å². The minimum absolute atomic E-state index is 0.0953. The summed E-state index contributed by atoms with van der Waals surface area (Å²) in [5.41, 5.74) is 3.14. The van der Waals surface area contributed by atoms with Gasteiger partial charge in [-0.05, 0) is 67.5 Å². The lowest BCUT2D eigenvalue weighted by molar-refractivity contribution is -0.137. The third-order valence-corrected chi connectivity index (χ3v) is 9.36. The van der Waals surface area contributed by atoms with E-state index in [4.69, 9.17) is 4.98 Å². The lowest BCUT2D eigenvalue weighted by atomic mass is 9.59. The first-order valence-corrected chi connectivity index (χ1v) is 13.6. The Morgan fingerprint density at radius 3 is 2.36 bits per heavy atom. The molecular formula is C29H28F3NO2S. The summed E-state index contributed by atoms with van der Waals surface area (Å²) >= 11 is 1.51. The fourth-order valence-corrected chi connectivity index (χ4v) is 7.31. The number of thiophene rings is 1. The molecule has 1 atom stereocenters. The van der Waals surface area contributed by atoms with Crippen molar-refractivity contribution < 1.29 is 23.1 Å². The molecule has 0 aliphatic heterocycles. The van der Waals surface area contributed by atoms with Crippen LogP contribution in [0.1, 0.15) is 102 Å². The van der Waals surface area contributed by atoms with Crippen LogP contribution in [0.3, 0.4) is 0 Å². The van der Waals surface area contributed by atoms with E-state index in [9.17, 15) is 23.1 Å². The van der Waals surface area contributed by atoms with Crippen molar-refractivity contribution in [2.45, 2.75) is 76.0 Å². The van der Waals surface area contributed by atoms with Crippen molar-refractivity contribution >= 4 is 17.1 Å². The summed E-state index contributed by atoms with van der Waals surface area (Å²) in [5, 5.41) is 13.4. The number of ketones is 1. The van der Waals surface area contributed by atoms with Crippen LogP contribution in [-0.2, 0) is 12.6 Å². The molecule has 2 heterocycles. The second kappa shape index (κ2) is 8.80. The molecule has 0 radical (unpaired) electrons. The van der Waals surface area contributed by atoms with Crippen LogP contribution in [0.15, 0.2) is 41.8 Å². The van der Waals surface area contributed by atoms with Crippen molar-refractivity contribution in [1.29, 1.82) is 0 Å². The first-order chi connectivity index (χ1) is 17.3. The number of carbonyl (C=O) groups is 1. The van der Waals surface area contributed by atoms with Crippen molar-refractivity contribution in [2.75, 3.05) is 0 Å². The third-order valence-electron chi connectivity index (χ3n) is 8.47. The van der Waals surface area contributed by atoms with Gasteiger partial charge in [0, 0.05) is 33.2 Å². The summed E-state index contributed by atoms with van der Waals surface area (Å²) < 4.78 is 39.5. The summed E-state index contributed by atoms with van der Waals surface area (Å²) in [6.45, 7) is 0. The predicted octanol–water partition coefficient (Wildman–Crippen LogP) is 7.87. The Morgan fingerprint density at radius 1 is 1.06 bits per heavy atom. The Hall–Kier alpha value is -2.51. The number of nitrogens with zero attached hydrogens (tertiary/aromatic N) is 1. The molecule has 2 fully saturated rings. The van der Waals surface area contributed by atoms with E-state index in [1.54, 1.807) is 0 Å². The first-order valence-electron chi connectivity index (χ1n) is 12.8. The molecule has 7 heteroatoms. The van der Waals surface area contributed by atoms with Gasteiger partial charge in [-0.1, -0.05) is 37.5 Å². The SMILES string of the molecule is O=C(c1ccc(C(F)(F)F)cc1)c1c(C2CCCC2)nc2c(c1-c1cccs1)C(O)CC1(CCC1)C2. The van der Waals surface area contributed by atoms with Crippen molar-refractivity contribution in [3.8, 4) is 10.4 Å². The van der Waals surface area contributed by atoms with Crippen LogP contribution in [0, 0.1) is 5.41 Å². The van der Waals surface area contributed by atoms with Gasteiger partial charge in [0.05, 0.1) is 22.9 Å². The number of rotatable bonds is 4. The number of halogens is 3. The molecule has 3 aromatic rings. The van der Waals surface area contributed by atoms with Crippen LogP contribution in [0.5, 0.6) is 0 Å². The number of pyridine rings is 1. The van der Waals surface area contributed by atoms with Gasteiger partial charge in [-0.15, -0.1) is 11.3 Å². The topological polar surface area (TPSA) is 50.2 Å². The molecule has 1 aromatic carbocycles.